The van der Waals surface area contributed by atoms with E-state index in [1.165, 1.54) is 23.2 Å². The molecule has 1 heterocycles. The highest BCUT2D eigenvalue weighted by atomic mass is 35.5. The zero-order chi connectivity index (χ0) is 27.1. The van der Waals surface area contributed by atoms with Gasteiger partial charge >= 0.3 is 5.97 Å². The molecule has 194 valence electrons. The average Bonchev–Trinajstić information content (AvgIpc) is 3.20. The average molecular weight is 551 g/mol. The molecule has 1 atom stereocenters. The van der Waals surface area contributed by atoms with Crippen molar-refractivity contribution < 1.29 is 24.2 Å². The van der Waals surface area contributed by atoms with Crippen LogP contribution in [0.1, 0.15) is 29.3 Å². The lowest BCUT2D eigenvalue weighted by molar-refractivity contribution is -0.121. The predicted molar refractivity (Wildman–Crippen MR) is 149 cm³/mol. The predicted octanol–water partition coefficient (Wildman–Crippen LogP) is 5.09. The van der Waals surface area contributed by atoms with Gasteiger partial charge in [0.2, 0.25) is 11.8 Å². The van der Waals surface area contributed by atoms with Crippen LogP contribution in [0.15, 0.2) is 83.0 Å². The third-order valence-electron chi connectivity index (χ3n) is 5.31. The number of hydrogen-bond donors (Lipinski definition) is 2. The SMILES string of the molecule is CCOC(=O)c1ccc(NC(=O)CC2S/C(=N/N=C/c3ccc(Cl)cc3)N(c3ccc(O)cc3)C2=O)cc1. The van der Waals surface area contributed by atoms with Crippen LogP contribution in [0.5, 0.6) is 5.75 Å². The highest BCUT2D eigenvalue weighted by Crippen LogP contribution is 2.34. The van der Waals surface area contributed by atoms with Gasteiger partial charge in [-0.3, -0.25) is 14.5 Å². The number of carbonyl (C=O) groups excluding carboxylic acids is 3. The van der Waals surface area contributed by atoms with Crippen LogP contribution in [-0.4, -0.2) is 46.1 Å². The summed E-state index contributed by atoms with van der Waals surface area (Å²) in [5, 5.41) is 20.9. The molecule has 2 N–H and O–H groups in total. The number of hydrogen-bond acceptors (Lipinski definition) is 8. The van der Waals surface area contributed by atoms with E-state index < -0.39 is 11.2 Å². The van der Waals surface area contributed by atoms with Gasteiger partial charge in [0.1, 0.15) is 11.0 Å². The van der Waals surface area contributed by atoms with Gasteiger partial charge in [-0.1, -0.05) is 35.5 Å². The number of esters is 1. The van der Waals surface area contributed by atoms with Gasteiger partial charge in [0, 0.05) is 17.1 Å². The fraction of sp³-hybridized carbons (Fsp3) is 0.148. The van der Waals surface area contributed by atoms with Crippen molar-refractivity contribution in [3.05, 3.63) is 88.9 Å². The maximum Gasteiger partial charge on any atom is 0.338 e. The van der Waals surface area contributed by atoms with Crippen molar-refractivity contribution in [2.45, 2.75) is 18.6 Å². The summed E-state index contributed by atoms with van der Waals surface area (Å²) in [5.41, 5.74) is 2.11. The quantitative estimate of drug-likeness (QED) is 0.229. The van der Waals surface area contributed by atoms with Crippen LogP contribution in [-0.2, 0) is 14.3 Å². The molecule has 11 heteroatoms. The molecule has 9 nitrogen and oxygen atoms in total. The van der Waals surface area contributed by atoms with Gasteiger partial charge < -0.3 is 15.2 Å². The molecule has 1 aliphatic rings. The molecule has 2 amide bonds. The fourth-order valence-electron chi connectivity index (χ4n) is 3.48. The first kappa shape index (κ1) is 26.9. The van der Waals surface area contributed by atoms with Crippen LogP contribution in [0.4, 0.5) is 11.4 Å². The first-order valence-electron chi connectivity index (χ1n) is 11.6. The lowest BCUT2D eigenvalue weighted by Crippen LogP contribution is -2.33. The summed E-state index contributed by atoms with van der Waals surface area (Å²) in [7, 11) is 0. The molecular formula is C27H23ClN4O5S. The number of rotatable bonds is 8. The highest BCUT2D eigenvalue weighted by Gasteiger charge is 2.40. The fourth-order valence-corrected chi connectivity index (χ4v) is 4.70. The molecule has 3 aromatic rings. The van der Waals surface area contributed by atoms with Crippen LogP contribution < -0.4 is 10.2 Å². The van der Waals surface area contributed by atoms with Gasteiger partial charge in [0.15, 0.2) is 5.17 Å². The largest absolute Gasteiger partial charge is 0.508 e. The molecule has 1 saturated heterocycles. The van der Waals surface area contributed by atoms with E-state index in [9.17, 15) is 19.5 Å². The summed E-state index contributed by atoms with van der Waals surface area (Å²) in [6.45, 7) is 1.99. The van der Waals surface area contributed by atoms with Crippen LogP contribution in [0.25, 0.3) is 0 Å². The van der Waals surface area contributed by atoms with E-state index in [-0.39, 0.29) is 30.6 Å². The number of benzene rings is 3. The van der Waals surface area contributed by atoms with Crippen molar-refractivity contribution in [2.75, 3.05) is 16.8 Å². The maximum absolute atomic E-state index is 13.3. The number of phenolic OH excluding ortho intramolecular Hbond substituents is 1. The number of carbonyl (C=O) groups is 3. The highest BCUT2D eigenvalue weighted by molar-refractivity contribution is 8.16. The Balaban J connectivity index is 1.48. The second kappa shape index (κ2) is 12.4. The number of nitrogens with zero attached hydrogens (tertiary/aromatic N) is 3. The minimum Gasteiger partial charge on any atom is -0.508 e. The first-order chi connectivity index (χ1) is 18.3. The summed E-state index contributed by atoms with van der Waals surface area (Å²) in [6.07, 6.45) is 1.42. The van der Waals surface area contributed by atoms with E-state index in [2.05, 4.69) is 15.5 Å². The lowest BCUT2D eigenvalue weighted by Gasteiger charge is -2.16. The minimum absolute atomic E-state index is 0.0530. The molecule has 0 saturated carbocycles. The standard InChI is InChI=1S/C27H23ClN4O5S/c1-2-37-26(36)18-5-9-20(10-6-18)30-24(34)15-23-25(35)32(21-11-13-22(33)14-12-21)27(38-23)31-29-16-17-3-7-19(28)8-4-17/h3-14,16,23,33H,2,15H2,1H3,(H,30,34)/b29-16+,31-27+. The molecule has 0 aromatic heterocycles. The van der Waals surface area contributed by atoms with Gasteiger partial charge in [0.25, 0.3) is 0 Å². The Morgan fingerprint density at radius 1 is 1.08 bits per heavy atom. The Labute approximate surface area is 228 Å². The smallest absolute Gasteiger partial charge is 0.338 e. The number of ether oxygens (including phenoxy) is 1. The molecular weight excluding hydrogens is 528 g/mol. The van der Waals surface area contributed by atoms with Crippen molar-refractivity contribution in [1.29, 1.82) is 0 Å². The number of halogens is 1. The van der Waals surface area contributed by atoms with Crippen LogP contribution in [0.2, 0.25) is 5.02 Å². The van der Waals surface area contributed by atoms with Gasteiger partial charge in [-0.2, -0.15) is 5.10 Å². The van der Waals surface area contributed by atoms with Crippen LogP contribution in [0, 0.1) is 0 Å². The number of phenols is 1. The summed E-state index contributed by atoms with van der Waals surface area (Å²) in [4.78, 5) is 39.2. The Hall–Kier alpha value is -4.15. The van der Waals surface area contributed by atoms with E-state index in [4.69, 9.17) is 16.3 Å². The number of amides is 2. The molecule has 0 spiro atoms. The molecule has 0 aliphatic carbocycles. The third kappa shape index (κ3) is 6.78. The Kier molecular flexibility index (Phi) is 8.77. The van der Waals surface area contributed by atoms with Crippen molar-refractivity contribution in [3.63, 3.8) is 0 Å². The van der Waals surface area contributed by atoms with Gasteiger partial charge in [0.05, 0.1) is 24.1 Å². The zero-order valence-corrected chi connectivity index (χ0v) is 21.8. The molecule has 1 fully saturated rings. The topological polar surface area (TPSA) is 121 Å². The second-order valence-corrected chi connectivity index (χ2v) is 9.63. The van der Waals surface area contributed by atoms with E-state index in [1.54, 1.807) is 67.6 Å². The van der Waals surface area contributed by atoms with Crippen molar-refractivity contribution >= 4 is 63.9 Å². The van der Waals surface area contributed by atoms with Crippen LogP contribution >= 0.6 is 23.4 Å². The Bertz CT molecular complexity index is 1380. The van der Waals surface area contributed by atoms with E-state index in [1.807, 2.05) is 0 Å². The van der Waals surface area contributed by atoms with E-state index >= 15 is 0 Å². The van der Waals surface area contributed by atoms with Crippen molar-refractivity contribution in [1.82, 2.24) is 0 Å². The molecule has 0 radical (unpaired) electrons. The maximum atomic E-state index is 13.3. The van der Waals surface area contributed by atoms with Gasteiger partial charge in [-0.25, -0.2) is 4.79 Å². The molecule has 1 aliphatic heterocycles. The third-order valence-corrected chi connectivity index (χ3v) is 6.69. The van der Waals surface area contributed by atoms with Gasteiger partial charge in [-0.05, 0) is 73.2 Å². The first-order valence-corrected chi connectivity index (χ1v) is 12.8. The molecule has 38 heavy (non-hydrogen) atoms. The second-order valence-electron chi connectivity index (χ2n) is 8.03. The molecule has 1 unspecified atom stereocenters. The molecule has 3 aromatic carbocycles. The lowest BCUT2D eigenvalue weighted by atomic mass is 10.2. The molecule has 4 rings (SSSR count). The summed E-state index contributed by atoms with van der Waals surface area (Å²) < 4.78 is 4.96. The number of anilines is 2. The Morgan fingerprint density at radius 3 is 2.42 bits per heavy atom. The van der Waals surface area contributed by atoms with Crippen molar-refractivity contribution in [3.8, 4) is 5.75 Å². The number of amidine groups is 1. The van der Waals surface area contributed by atoms with Crippen LogP contribution in [0.3, 0.4) is 0 Å². The molecule has 0 bridgehead atoms. The van der Waals surface area contributed by atoms with E-state index in [0.717, 1.165) is 17.3 Å². The summed E-state index contributed by atoms with van der Waals surface area (Å²) in [5.74, 6) is -1.11. The summed E-state index contributed by atoms with van der Waals surface area (Å²) in [6, 6.07) is 19.4. The minimum atomic E-state index is -0.743. The monoisotopic (exact) mass is 550 g/mol. The number of aromatic hydroxyl groups is 1. The normalized spacial score (nSPS) is 16.3. The number of thioether (sulfide) groups is 1. The van der Waals surface area contributed by atoms with E-state index in [0.29, 0.717) is 27.1 Å². The van der Waals surface area contributed by atoms with Crippen molar-refractivity contribution in [2.24, 2.45) is 10.2 Å². The number of nitrogens with one attached hydrogen (secondary N) is 1. The summed E-state index contributed by atoms with van der Waals surface area (Å²) >= 11 is 7.04. The Morgan fingerprint density at radius 2 is 1.76 bits per heavy atom. The van der Waals surface area contributed by atoms with Gasteiger partial charge in [-0.15, -0.1) is 5.10 Å². The zero-order valence-electron chi connectivity index (χ0n) is 20.2.